The van der Waals surface area contributed by atoms with Crippen molar-refractivity contribution in [3.63, 3.8) is 0 Å². The predicted molar refractivity (Wildman–Crippen MR) is 62.3 cm³/mol. The van der Waals surface area contributed by atoms with Crippen LogP contribution < -0.4 is 10.5 Å². The molecule has 7 heteroatoms. The number of hydrogen-bond acceptors (Lipinski definition) is 4. The van der Waals surface area contributed by atoms with E-state index in [0.29, 0.717) is 0 Å². The lowest BCUT2D eigenvalue weighted by atomic mass is 10.2. The van der Waals surface area contributed by atoms with Gasteiger partial charge in [0.1, 0.15) is 10.7 Å². The van der Waals surface area contributed by atoms with Crippen molar-refractivity contribution in [2.75, 3.05) is 6.54 Å². The zero-order chi connectivity index (χ0) is 12.9. The predicted octanol–water partition coefficient (Wildman–Crippen LogP) is 0.626. The van der Waals surface area contributed by atoms with Crippen molar-refractivity contribution < 1.29 is 12.8 Å². The van der Waals surface area contributed by atoms with Gasteiger partial charge in [-0.15, -0.1) is 0 Å². The van der Waals surface area contributed by atoms with Gasteiger partial charge in [0.05, 0.1) is 6.20 Å². The number of rotatable bonds is 6. The standard InChI is InChI=1S/C10H16FN3O2S/c1-2-3-9(12)6-14-17(15,16)10-4-8(11)5-13-7-10/h4-5,7,9,14H,2-3,6,12H2,1H3. The number of nitrogens with one attached hydrogen (secondary N) is 1. The van der Waals surface area contributed by atoms with Gasteiger partial charge < -0.3 is 5.73 Å². The van der Waals surface area contributed by atoms with E-state index in [0.717, 1.165) is 31.3 Å². The number of halogens is 1. The molecule has 0 aliphatic heterocycles. The third kappa shape index (κ3) is 4.37. The molecule has 0 aliphatic rings. The van der Waals surface area contributed by atoms with E-state index >= 15 is 0 Å². The van der Waals surface area contributed by atoms with Crippen LogP contribution in [0.25, 0.3) is 0 Å². The zero-order valence-corrected chi connectivity index (χ0v) is 10.4. The van der Waals surface area contributed by atoms with Gasteiger partial charge in [-0.25, -0.2) is 17.5 Å². The number of sulfonamides is 1. The third-order valence-corrected chi connectivity index (χ3v) is 3.58. The molecule has 1 unspecified atom stereocenters. The van der Waals surface area contributed by atoms with Crippen LogP contribution >= 0.6 is 0 Å². The van der Waals surface area contributed by atoms with Crippen LogP contribution in [0.4, 0.5) is 4.39 Å². The summed E-state index contributed by atoms with van der Waals surface area (Å²) in [4.78, 5) is 3.30. The Morgan fingerprint density at radius 2 is 2.24 bits per heavy atom. The van der Waals surface area contributed by atoms with Gasteiger partial charge in [-0.2, -0.15) is 0 Å². The summed E-state index contributed by atoms with van der Waals surface area (Å²) in [6.07, 6.45) is 3.65. The second-order valence-electron chi connectivity index (χ2n) is 3.74. The van der Waals surface area contributed by atoms with E-state index in [1.165, 1.54) is 0 Å². The minimum atomic E-state index is -3.73. The SMILES string of the molecule is CCCC(N)CNS(=O)(=O)c1cncc(F)c1. The van der Waals surface area contributed by atoms with Crippen LogP contribution in [-0.4, -0.2) is 26.0 Å². The molecule has 0 aromatic carbocycles. The first-order valence-electron chi connectivity index (χ1n) is 5.31. The van der Waals surface area contributed by atoms with Crippen molar-refractivity contribution in [1.82, 2.24) is 9.71 Å². The van der Waals surface area contributed by atoms with Gasteiger partial charge >= 0.3 is 0 Å². The Morgan fingerprint density at radius 3 is 2.82 bits per heavy atom. The fourth-order valence-corrected chi connectivity index (χ4v) is 2.38. The maximum absolute atomic E-state index is 12.8. The fourth-order valence-electron chi connectivity index (χ4n) is 1.31. The van der Waals surface area contributed by atoms with Gasteiger partial charge in [0.15, 0.2) is 0 Å². The van der Waals surface area contributed by atoms with E-state index in [1.54, 1.807) is 0 Å². The molecule has 96 valence electrons. The molecule has 3 N–H and O–H groups in total. The fraction of sp³-hybridized carbons (Fsp3) is 0.500. The van der Waals surface area contributed by atoms with Crippen molar-refractivity contribution in [3.05, 3.63) is 24.3 Å². The number of pyridine rings is 1. The molecule has 17 heavy (non-hydrogen) atoms. The Bertz CT molecular complexity index is 464. The lowest BCUT2D eigenvalue weighted by Crippen LogP contribution is -2.37. The van der Waals surface area contributed by atoms with Gasteiger partial charge in [-0.05, 0) is 12.5 Å². The highest BCUT2D eigenvalue weighted by atomic mass is 32.2. The quantitative estimate of drug-likeness (QED) is 0.786. The summed E-state index contributed by atoms with van der Waals surface area (Å²) < 4.78 is 38.6. The van der Waals surface area contributed by atoms with Crippen LogP contribution in [0.1, 0.15) is 19.8 Å². The van der Waals surface area contributed by atoms with Crippen LogP contribution in [0.5, 0.6) is 0 Å². The summed E-state index contributed by atoms with van der Waals surface area (Å²) in [5.74, 6) is -0.689. The number of nitrogens with two attached hydrogens (primary N) is 1. The van der Waals surface area contributed by atoms with Crippen LogP contribution in [0.2, 0.25) is 0 Å². The Balaban J connectivity index is 2.69. The smallest absolute Gasteiger partial charge is 0.242 e. The van der Waals surface area contributed by atoms with E-state index < -0.39 is 15.8 Å². The maximum Gasteiger partial charge on any atom is 0.242 e. The molecule has 1 heterocycles. The number of nitrogens with zero attached hydrogens (tertiary/aromatic N) is 1. The van der Waals surface area contributed by atoms with E-state index in [-0.39, 0.29) is 17.5 Å². The van der Waals surface area contributed by atoms with Crippen LogP contribution in [0.15, 0.2) is 23.4 Å². The number of hydrogen-bond donors (Lipinski definition) is 2. The van der Waals surface area contributed by atoms with E-state index in [1.807, 2.05) is 6.92 Å². The first kappa shape index (κ1) is 14.0. The summed E-state index contributed by atoms with van der Waals surface area (Å²) >= 11 is 0. The van der Waals surface area contributed by atoms with Crippen LogP contribution in [-0.2, 0) is 10.0 Å². The van der Waals surface area contributed by atoms with Crippen molar-refractivity contribution in [1.29, 1.82) is 0 Å². The highest BCUT2D eigenvalue weighted by molar-refractivity contribution is 7.89. The first-order chi connectivity index (χ1) is 7.95. The molecule has 5 nitrogen and oxygen atoms in total. The molecule has 0 bridgehead atoms. The molecule has 1 rings (SSSR count). The molecule has 0 fully saturated rings. The van der Waals surface area contributed by atoms with E-state index in [9.17, 15) is 12.8 Å². The summed E-state index contributed by atoms with van der Waals surface area (Å²) in [6, 6.07) is 0.678. The van der Waals surface area contributed by atoms with Crippen molar-refractivity contribution >= 4 is 10.0 Å². The van der Waals surface area contributed by atoms with E-state index in [2.05, 4.69) is 9.71 Å². The normalized spacial score (nSPS) is 13.6. The Morgan fingerprint density at radius 1 is 1.53 bits per heavy atom. The minimum Gasteiger partial charge on any atom is -0.327 e. The van der Waals surface area contributed by atoms with Gasteiger partial charge in [0.2, 0.25) is 10.0 Å². The van der Waals surface area contributed by atoms with Gasteiger partial charge in [0.25, 0.3) is 0 Å². The zero-order valence-electron chi connectivity index (χ0n) is 9.56. The molecular formula is C10H16FN3O2S. The van der Waals surface area contributed by atoms with Gasteiger partial charge in [-0.1, -0.05) is 13.3 Å². The number of aromatic nitrogens is 1. The van der Waals surface area contributed by atoms with Crippen molar-refractivity contribution in [3.8, 4) is 0 Å². The lowest BCUT2D eigenvalue weighted by molar-refractivity contribution is 0.550. The first-order valence-corrected chi connectivity index (χ1v) is 6.80. The molecule has 0 saturated heterocycles. The Labute approximate surface area is 100 Å². The lowest BCUT2D eigenvalue weighted by Gasteiger charge is -2.11. The minimum absolute atomic E-state index is 0.132. The van der Waals surface area contributed by atoms with E-state index in [4.69, 9.17) is 5.73 Å². The Hall–Kier alpha value is -1.05. The van der Waals surface area contributed by atoms with Crippen molar-refractivity contribution in [2.45, 2.75) is 30.7 Å². The molecule has 0 amide bonds. The largest absolute Gasteiger partial charge is 0.327 e. The van der Waals surface area contributed by atoms with Gasteiger partial charge in [-0.3, -0.25) is 4.98 Å². The summed E-state index contributed by atoms with van der Waals surface area (Å²) in [7, 11) is -3.73. The van der Waals surface area contributed by atoms with Crippen LogP contribution in [0, 0.1) is 5.82 Å². The van der Waals surface area contributed by atoms with Gasteiger partial charge in [0, 0.05) is 18.8 Å². The average molecular weight is 261 g/mol. The van der Waals surface area contributed by atoms with Crippen molar-refractivity contribution in [2.24, 2.45) is 5.73 Å². The molecule has 0 spiro atoms. The molecule has 0 aliphatic carbocycles. The molecule has 1 atom stereocenters. The molecule has 0 saturated carbocycles. The third-order valence-electron chi connectivity index (χ3n) is 2.19. The Kier molecular flexibility index (Phi) is 4.98. The molecule has 0 radical (unpaired) electrons. The van der Waals surface area contributed by atoms with Crippen LogP contribution in [0.3, 0.4) is 0 Å². The highest BCUT2D eigenvalue weighted by Crippen LogP contribution is 2.08. The highest BCUT2D eigenvalue weighted by Gasteiger charge is 2.16. The molecule has 1 aromatic rings. The summed E-state index contributed by atoms with van der Waals surface area (Å²) in [6.45, 7) is 2.09. The average Bonchev–Trinajstić information content (AvgIpc) is 2.27. The second-order valence-corrected chi connectivity index (χ2v) is 5.51. The topological polar surface area (TPSA) is 85.1 Å². The summed E-state index contributed by atoms with van der Waals surface area (Å²) in [5, 5.41) is 0. The molecular weight excluding hydrogens is 245 g/mol. The molecule has 1 aromatic heterocycles. The second kappa shape index (κ2) is 6.04. The summed E-state index contributed by atoms with van der Waals surface area (Å²) in [5.41, 5.74) is 5.68. The monoisotopic (exact) mass is 261 g/mol. The maximum atomic E-state index is 12.8.